The van der Waals surface area contributed by atoms with Crippen LogP contribution in [0.2, 0.25) is 0 Å². The van der Waals surface area contributed by atoms with Gasteiger partial charge in [-0.25, -0.2) is 9.69 Å². The molecule has 8 heteroatoms. The Labute approximate surface area is 176 Å². The van der Waals surface area contributed by atoms with Crippen LogP contribution in [-0.2, 0) is 9.59 Å². The van der Waals surface area contributed by atoms with E-state index >= 15 is 0 Å². The van der Waals surface area contributed by atoms with E-state index in [9.17, 15) is 14.4 Å². The summed E-state index contributed by atoms with van der Waals surface area (Å²) in [6.07, 6.45) is 1.41. The quantitative estimate of drug-likeness (QED) is 0.543. The fraction of sp³-hybridized carbons (Fsp3) is 0.190. The van der Waals surface area contributed by atoms with Crippen molar-refractivity contribution in [3.63, 3.8) is 0 Å². The number of carbonyl (C=O) groups excluding carboxylic acids is 3. The summed E-state index contributed by atoms with van der Waals surface area (Å²) in [4.78, 5) is 38.8. The first-order valence-corrected chi connectivity index (χ1v) is 9.63. The zero-order valence-corrected chi connectivity index (χ0v) is 17.7. The molecule has 0 bridgehead atoms. The van der Waals surface area contributed by atoms with Gasteiger partial charge in [-0.1, -0.05) is 15.9 Å². The van der Waals surface area contributed by atoms with Gasteiger partial charge in [0.25, 0.3) is 11.8 Å². The molecule has 7 nitrogen and oxygen atoms in total. The van der Waals surface area contributed by atoms with E-state index in [4.69, 9.17) is 9.47 Å². The van der Waals surface area contributed by atoms with Crippen LogP contribution >= 0.6 is 15.9 Å². The first-order chi connectivity index (χ1) is 13.8. The Hall–Kier alpha value is -3.13. The fourth-order valence-corrected chi connectivity index (χ4v) is 3.42. The average molecular weight is 459 g/mol. The van der Waals surface area contributed by atoms with Gasteiger partial charge < -0.3 is 9.47 Å². The van der Waals surface area contributed by atoms with E-state index in [0.29, 0.717) is 34.9 Å². The largest absolute Gasteiger partial charge is 0.497 e. The highest BCUT2D eigenvalue weighted by Crippen LogP contribution is 2.30. The lowest BCUT2D eigenvalue weighted by Gasteiger charge is -2.27. The van der Waals surface area contributed by atoms with Gasteiger partial charge in [-0.15, -0.1) is 0 Å². The third-order valence-corrected chi connectivity index (χ3v) is 4.82. The number of barbiturate groups is 1. The molecule has 0 spiro atoms. The van der Waals surface area contributed by atoms with Crippen molar-refractivity contribution in [3.05, 3.63) is 57.6 Å². The van der Waals surface area contributed by atoms with Gasteiger partial charge in [-0.2, -0.15) is 0 Å². The molecule has 1 fully saturated rings. The Balaban J connectivity index is 2.06. The molecule has 150 valence electrons. The number of hydrogen-bond donors (Lipinski definition) is 1. The van der Waals surface area contributed by atoms with Crippen LogP contribution in [0.25, 0.3) is 6.08 Å². The summed E-state index contributed by atoms with van der Waals surface area (Å²) in [5, 5.41) is 2.23. The highest BCUT2D eigenvalue weighted by Gasteiger charge is 2.37. The highest BCUT2D eigenvalue weighted by atomic mass is 79.9. The number of urea groups is 1. The Morgan fingerprint density at radius 3 is 2.55 bits per heavy atom. The molecule has 1 aliphatic heterocycles. The van der Waals surface area contributed by atoms with Crippen LogP contribution in [0.3, 0.4) is 0 Å². The number of methoxy groups -OCH3 is 1. The van der Waals surface area contributed by atoms with Crippen molar-refractivity contribution in [1.82, 2.24) is 5.32 Å². The van der Waals surface area contributed by atoms with Crippen LogP contribution in [-0.4, -0.2) is 31.6 Å². The van der Waals surface area contributed by atoms with Crippen LogP contribution in [0, 0.1) is 6.92 Å². The summed E-state index contributed by atoms with van der Waals surface area (Å²) in [6, 6.07) is 9.41. The van der Waals surface area contributed by atoms with Crippen molar-refractivity contribution in [2.24, 2.45) is 0 Å². The van der Waals surface area contributed by atoms with Gasteiger partial charge >= 0.3 is 6.03 Å². The molecule has 1 N–H and O–H groups in total. The molecule has 0 unspecified atom stereocenters. The maximum Gasteiger partial charge on any atom is 0.335 e. The van der Waals surface area contributed by atoms with Crippen LogP contribution in [0.5, 0.6) is 11.5 Å². The lowest BCUT2D eigenvalue weighted by Crippen LogP contribution is -2.54. The SMILES string of the molecule is CCOc1cc(OC)ccc1/C=C1/C(=O)NC(=O)N(c2ccc(Br)cc2C)C1=O. The number of nitrogens with zero attached hydrogens (tertiary/aromatic N) is 1. The summed E-state index contributed by atoms with van der Waals surface area (Å²) >= 11 is 3.36. The van der Waals surface area contributed by atoms with E-state index in [2.05, 4.69) is 21.2 Å². The number of ether oxygens (including phenoxy) is 2. The minimum Gasteiger partial charge on any atom is -0.497 e. The van der Waals surface area contributed by atoms with E-state index < -0.39 is 17.8 Å². The second kappa shape index (κ2) is 8.48. The lowest BCUT2D eigenvalue weighted by atomic mass is 10.0. The standard InChI is InChI=1S/C21H19BrN2O5/c1-4-29-18-11-15(28-3)7-5-13(18)10-16-19(25)23-21(27)24(20(16)26)17-8-6-14(22)9-12(17)2/h5-11H,4H2,1-3H3,(H,23,25,27)/b16-10-. The number of hydrogen-bond acceptors (Lipinski definition) is 5. The van der Waals surface area contributed by atoms with Gasteiger partial charge in [0.1, 0.15) is 17.1 Å². The van der Waals surface area contributed by atoms with Gasteiger partial charge in [0, 0.05) is 16.1 Å². The number of benzene rings is 2. The smallest absolute Gasteiger partial charge is 0.335 e. The van der Waals surface area contributed by atoms with Crippen LogP contribution in [0.1, 0.15) is 18.1 Å². The number of halogens is 1. The normalized spacial score (nSPS) is 15.5. The minimum atomic E-state index is -0.790. The molecule has 1 heterocycles. The topological polar surface area (TPSA) is 84.9 Å². The highest BCUT2D eigenvalue weighted by molar-refractivity contribution is 9.10. The van der Waals surface area contributed by atoms with Gasteiger partial charge in [0.2, 0.25) is 0 Å². The van der Waals surface area contributed by atoms with Crippen LogP contribution < -0.4 is 19.7 Å². The molecular weight excluding hydrogens is 440 g/mol. The van der Waals surface area contributed by atoms with E-state index in [-0.39, 0.29) is 5.57 Å². The maximum absolute atomic E-state index is 13.1. The summed E-state index contributed by atoms with van der Waals surface area (Å²) in [6.45, 7) is 3.99. The number of rotatable bonds is 5. The molecule has 2 aromatic carbocycles. The van der Waals surface area contributed by atoms with Gasteiger partial charge in [0.05, 0.1) is 19.4 Å². The van der Waals surface area contributed by atoms with Crippen molar-refractivity contribution < 1.29 is 23.9 Å². The number of anilines is 1. The molecule has 0 radical (unpaired) electrons. The first kappa shape index (κ1) is 20.6. The number of aryl methyl sites for hydroxylation is 1. The number of imide groups is 2. The second-order valence-electron chi connectivity index (χ2n) is 6.23. The number of nitrogens with one attached hydrogen (secondary N) is 1. The summed E-state index contributed by atoms with van der Waals surface area (Å²) < 4.78 is 11.6. The molecule has 2 aromatic rings. The zero-order chi connectivity index (χ0) is 21.1. The van der Waals surface area contributed by atoms with Crippen molar-refractivity contribution >= 4 is 45.5 Å². The third kappa shape index (κ3) is 4.17. The van der Waals surface area contributed by atoms with Crippen LogP contribution in [0.15, 0.2) is 46.4 Å². The Bertz CT molecular complexity index is 1030. The van der Waals surface area contributed by atoms with Crippen molar-refractivity contribution in [2.75, 3.05) is 18.6 Å². The Morgan fingerprint density at radius 2 is 1.90 bits per heavy atom. The van der Waals surface area contributed by atoms with Crippen LogP contribution in [0.4, 0.5) is 10.5 Å². The molecule has 0 aromatic heterocycles. The molecule has 4 amide bonds. The predicted octanol–water partition coefficient (Wildman–Crippen LogP) is 3.83. The predicted molar refractivity (Wildman–Crippen MR) is 112 cm³/mol. The Kier molecular flexibility index (Phi) is 6.03. The van der Waals surface area contributed by atoms with E-state index in [1.54, 1.807) is 43.3 Å². The van der Waals surface area contributed by atoms with E-state index in [0.717, 1.165) is 9.37 Å². The summed E-state index contributed by atoms with van der Waals surface area (Å²) in [5.41, 5.74) is 1.45. The third-order valence-electron chi connectivity index (χ3n) is 4.32. The second-order valence-corrected chi connectivity index (χ2v) is 7.14. The lowest BCUT2D eigenvalue weighted by molar-refractivity contribution is -0.122. The molecule has 1 aliphatic rings. The van der Waals surface area contributed by atoms with Crippen molar-refractivity contribution in [2.45, 2.75) is 13.8 Å². The molecule has 29 heavy (non-hydrogen) atoms. The maximum atomic E-state index is 13.1. The molecule has 0 atom stereocenters. The Morgan fingerprint density at radius 1 is 1.14 bits per heavy atom. The average Bonchev–Trinajstić information content (AvgIpc) is 2.67. The van der Waals surface area contributed by atoms with Gasteiger partial charge in [-0.3, -0.25) is 14.9 Å². The molecular formula is C21H19BrN2O5. The fourth-order valence-electron chi connectivity index (χ4n) is 2.94. The van der Waals surface area contributed by atoms with Gasteiger partial charge in [-0.05, 0) is 55.8 Å². The van der Waals surface area contributed by atoms with Crippen molar-refractivity contribution in [1.29, 1.82) is 0 Å². The van der Waals surface area contributed by atoms with Gasteiger partial charge in [0.15, 0.2) is 0 Å². The summed E-state index contributed by atoms with van der Waals surface area (Å²) in [7, 11) is 1.53. The first-order valence-electron chi connectivity index (χ1n) is 8.84. The molecule has 1 saturated heterocycles. The number of amides is 4. The van der Waals surface area contributed by atoms with Crippen molar-refractivity contribution in [3.8, 4) is 11.5 Å². The minimum absolute atomic E-state index is 0.168. The van der Waals surface area contributed by atoms with E-state index in [1.807, 2.05) is 6.92 Å². The summed E-state index contributed by atoms with van der Waals surface area (Å²) in [5.74, 6) is -0.424. The zero-order valence-electron chi connectivity index (χ0n) is 16.1. The molecule has 0 aliphatic carbocycles. The molecule has 0 saturated carbocycles. The van der Waals surface area contributed by atoms with E-state index in [1.165, 1.54) is 13.2 Å². The number of carbonyl (C=O) groups is 3. The molecule has 3 rings (SSSR count). The monoisotopic (exact) mass is 458 g/mol.